The van der Waals surface area contributed by atoms with E-state index in [0.29, 0.717) is 11.1 Å². The van der Waals surface area contributed by atoms with Gasteiger partial charge in [-0.15, -0.1) is 0 Å². The van der Waals surface area contributed by atoms with E-state index in [4.69, 9.17) is 4.78 Å². The Morgan fingerprint density at radius 3 is 1.27 bits per heavy atom. The average molecular weight is 443 g/mol. The van der Waals surface area contributed by atoms with Gasteiger partial charge in [0.15, 0.2) is 0 Å². The monoisotopic (exact) mass is 443 g/mol. The molecule has 1 atom stereocenters. The molecule has 3 aromatic rings. The first-order chi connectivity index (χ1) is 13.8. The minimum absolute atomic E-state index is 0.0458. The number of halogens is 6. The van der Waals surface area contributed by atoms with Gasteiger partial charge in [-0.25, -0.2) is 8.99 Å². The van der Waals surface area contributed by atoms with Crippen molar-refractivity contribution in [2.24, 2.45) is 0 Å². The van der Waals surface area contributed by atoms with Gasteiger partial charge in [-0.3, -0.25) is 0 Å². The molecule has 1 unspecified atom stereocenters. The zero-order chi connectivity index (χ0) is 22.3. The third kappa shape index (κ3) is 4.51. The maximum absolute atomic E-state index is 12.8. The predicted octanol–water partition coefficient (Wildman–Crippen LogP) is 7.09. The minimum atomic E-state index is -4.52. The van der Waals surface area contributed by atoms with Crippen molar-refractivity contribution >= 4 is 9.73 Å². The Morgan fingerprint density at radius 2 is 1.00 bits per heavy atom. The standard InChI is InChI=1S/C21H15F6NOS/c1-30(28,29)19-17(13-5-9-15(10-6-13)20(22,23)24)3-2-4-18(19)14-7-11-16(12-8-14)21(25,26)27/h2-12,28H,1H3. The molecule has 3 aromatic carbocycles. The van der Waals surface area contributed by atoms with Gasteiger partial charge in [-0.05, 0) is 46.5 Å². The molecule has 0 aliphatic heterocycles. The molecule has 9 heteroatoms. The van der Waals surface area contributed by atoms with E-state index in [1.807, 2.05) is 0 Å². The van der Waals surface area contributed by atoms with Crippen molar-refractivity contribution in [3.8, 4) is 22.3 Å². The zero-order valence-corrected chi connectivity index (χ0v) is 16.3. The van der Waals surface area contributed by atoms with Gasteiger partial charge in [-0.2, -0.15) is 26.3 Å². The quantitative estimate of drug-likeness (QED) is 0.431. The van der Waals surface area contributed by atoms with Crippen molar-refractivity contribution in [2.75, 3.05) is 6.26 Å². The van der Waals surface area contributed by atoms with Crippen molar-refractivity contribution < 1.29 is 30.6 Å². The van der Waals surface area contributed by atoms with Crippen molar-refractivity contribution in [3.63, 3.8) is 0 Å². The molecule has 0 saturated carbocycles. The third-order valence-corrected chi connectivity index (χ3v) is 5.67. The van der Waals surface area contributed by atoms with Crippen LogP contribution in [0.3, 0.4) is 0 Å². The maximum Gasteiger partial charge on any atom is 0.416 e. The van der Waals surface area contributed by atoms with E-state index < -0.39 is 33.2 Å². The number of nitrogens with one attached hydrogen (secondary N) is 1. The Kier molecular flexibility index (Phi) is 5.44. The summed E-state index contributed by atoms with van der Waals surface area (Å²) in [5.41, 5.74) is -0.515. The van der Waals surface area contributed by atoms with Crippen molar-refractivity contribution in [3.05, 3.63) is 77.9 Å². The van der Waals surface area contributed by atoms with E-state index in [2.05, 4.69) is 0 Å². The van der Waals surface area contributed by atoms with E-state index in [0.717, 1.165) is 30.5 Å². The molecule has 0 fully saturated rings. The second-order valence-electron chi connectivity index (χ2n) is 6.68. The van der Waals surface area contributed by atoms with Crippen LogP contribution in [0.5, 0.6) is 0 Å². The lowest BCUT2D eigenvalue weighted by molar-refractivity contribution is -0.138. The van der Waals surface area contributed by atoms with Gasteiger partial charge in [0, 0.05) is 6.26 Å². The SMILES string of the molecule is CS(=N)(=O)c1c(-c2ccc(C(F)(F)F)cc2)cccc1-c1ccc(C(F)(F)F)cc1. The Morgan fingerprint density at radius 1 is 0.667 bits per heavy atom. The molecular formula is C21H15F6NOS. The highest BCUT2D eigenvalue weighted by Gasteiger charge is 2.31. The van der Waals surface area contributed by atoms with Crippen LogP contribution in [-0.4, -0.2) is 10.5 Å². The van der Waals surface area contributed by atoms with Crippen molar-refractivity contribution in [1.29, 1.82) is 4.78 Å². The Balaban J connectivity index is 2.18. The first-order valence-electron chi connectivity index (χ1n) is 8.50. The number of hydrogen-bond acceptors (Lipinski definition) is 2. The van der Waals surface area contributed by atoms with Gasteiger partial charge in [0.1, 0.15) is 0 Å². The number of rotatable bonds is 3. The molecule has 0 spiro atoms. The van der Waals surface area contributed by atoms with Crippen LogP contribution in [0.25, 0.3) is 22.3 Å². The molecule has 0 bridgehead atoms. The predicted molar refractivity (Wildman–Crippen MR) is 102 cm³/mol. The highest BCUT2D eigenvalue weighted by molar-refractivity contribution is 7.92. The van der Waals surface area contributed by atoms with Gasteiger partial charge in [-0.1, -0.05) is 42.5 Å². The van der Waals surface area contributed by atoms with Gasteiger partial charge >= 0.3 is 12.4 Å². The summed E-state index contributed by atoms with van der Waals surface area (Å²) in [6.07, 6.45) is -7.88. The fraction of sp³-hybridized carbons (Fsp3) is 0.143. The summed E-state index contributed by atoms with van der Waals surface area (Å²) in [7, 11) is -3.38. The summed E-state index contributed by atoms with van der Waals surface area (Å²) in [5, 5.41) is 0. The lowest BCUT2D eigenvalue weighted by Crippen LogP contribution is -2.05. The normalized spacial score (nSPS) is 14.4. The topological polar surface area (TPSA) is 40.9 Å². The van der Waals surface area contributed by atoms with Crippen LogP contribution in [-0.2, 0) is 22.1 Å². The van der Waals surface area contributed by atoms with Crippen molar-refractivity contribution in [1.82, 2.24) is 0 Å². The third-order valence-electron chi connectivity index (χ3n) is 4.45. The zero-order valence-electron chi connectivity index (χ0n) is 15.4. The van der Waals surface area contributed by atoms with Gasteiger partial charge in [0.25, 0.3) is 0 Å². The summed E-state index contributed by atoms with van der Waals surface area (Å²) in [6.45, 7) is 0. The first-order valence-corrected chi connectivity index (χ1v) is 10.5. The summed E-state index contributed by atoms with van der Waals surface area (Å²) < 4.78 is 97.9. The number of alkyl halides is 6. The summed E-state index contributed by atoms with van der Waals surface area (Å²) in [5.74, 6) is 0. The fourth-order valence-electron chi connectivity index (χ4n) is 3.09. The molecule has 158 valence electrons. The van der Waals surface area contributed by atoms with Crippen molar-refractivity contribution in [2.45, 2.75) is 17.2 Å². The second kappa shape index (κ2) is 7.46. The summed E-state index contributed by atoms with van der Waals surface area (Å²) in [4.78, 5) is 0.0458. The molecule has 30 heavy (non-hydrogen) atoms. The van der Waals surface area contributed by atoms with E-state index >= 15 is 0 Å². The molecule has 0 amide bonds. The van der Waals surface area contributed by atoms with Gasteiger partial charge in [0.05, 0.1) is 25.8 Å². The molecule has 0 heterocycles. The molecule has 0 aromatic heterocycles. The molecule has 0 saturated heterocycles. The highest BCUT2D eigenvalue weighted by Crippen LogP contribution is 2.38. The van der Waals surface area contributed by atoms with Crippen LogP contribution in [0, 0.1) is 4.78 Å². The van der Waals surface area contributed by atoms with E-state index in [9.17, 15) is 30.6 Å². The van der Waals surface area contributed by atoms with Crippen LogP contribution < -0.4 is 0 Å². The van der Waals surface area contributed by atoms with Crippen LogP contribution in [0.2, 0.25) is 0 Å². The smallest absolute Gasteiger partial charge is 0.249 e. The fourth-order valence-corrected chi connectivity index (χ4v) is 4.30. The van der Waals surface area contributed by atoms with E-state index in [-0.39, 0.29) is 16.0 Å². The van der Waals surface area contributed by atoms with Gasteiger partial charge in [0.2, 0.25) is 0 Å². The molecule has 3 rings (SSSR count). The highest BCUT2D eigenvalue weighted by atomic mass is 32.2. The first kappa shape index (κ1) is 21.9. The molecular weight excluding hydrogens is 428 g/mol. The summed E-state index contributed by atoms with van der Waals surface area (Å²) >= 11 is 0. The number of benzene rings is 3. The lowest BCUT2D eigenvalue weighted by Gasteiger charge is -2.17. The van der Waals surface area contributed by atoms with Crippen LogP contribution >= 0.6 is 0 Å². The molecule has 2 nitrogen and oxygen atoms in total. The van der Waals surface area contributed by atoms with Gasteiger partial charge < -0.3 is 0 Å². The molecule has 0 aliphatic carbocycles. The summed E-state index contributed by atoms with van der Waals surface area (Å²) in [6, 6.07) is 13.0. The van der Waals surface area contributed by atoms with Crippen LogP contribution in [0.15, 0.2) is 71.6 Å². The lowest BCUT2D eigenvalue weighted by atomic mass is 9.97. The largest absolute Gasteiger partial charge is 0.416 e. The van der Waals surface area contributed by atoms with E-state index in [1.54, 1.807) is 6.07 Å². The van der Waals surface area contributed by atoms with Crippen LogP contribution in [0.4, 0.5) is 26.3 Å². The minimum Gasteiger partial charge on any atom is -0.249 e. The molecule has 0 radical (unpaired) electrons. The number of hydrogen-bond donors (Lipinski definition) is 1. The Bertz CT molecular complexity index is 1090. The second-order valence-corrected chi connectivity index (χ2v) is 8.77. The Labute approximate surface area is 169 Å². The average Bonchev–Trinajstić information content (AvgIpc) is 2.65. The Hall–Kier alpha value is -2.81. The molecule has 1 N–H and O–H groups in total. The maximum atomic E-state index is 12.8. The molecule has 0 aliphatic rings. The van der Waals surface area contributed by atoms with Crippen LogP contribution in [0.1, 0.15) is 11.1 Å². The van der Waals surface area contributed by atoms with E-state index in [1.165, 1.54) is 36.4 Å².